The first-order valence-corrected chi connectivity index (χ1v) is 8.17. The molecule has 0 aliphatic carbocycles. The zero-order chi connectivity index (χ0) is 15.5. The Morgan fingerprint density at radius 1 is 1.10 bits per heavy atom. The minimum atomic E-state index is -3.60. The molecule has 2 aromatic rings. The predicted octanol–water partition coefficient (Wildman–Crippen LogP) is 3.22. The van der Waals surface area contributed by atoms with Gasteiger partial charge in [0.1, 0.15) is 5.75 Å². The van der Waals surface area contributed by atoms with E-state index in [4.69, 9.17) is 4.74 Å². The molecule has 4 nitrogen and oxygen atoms in total. The second-order valence-corrected chi connectivity index (χ2v) is 6.52. The molecule has 0 bridgehead atoms. The van der Waals surface area contributed by atoms with Gasteiger partial charge in [-0.05, 0) is 43.7 Å². The van der Waals surface area contributed by atoms with Gasteiger partial charge in [-0.3, -0.25) is 4.31 Å². The molecule has 0 spiro atoms. The van der Waals surface area contributed by atoms with E-state index in [0.717, 1.165) is 5.56 Å². The van der Waals surface area contributed by atoms with E-state index >= 15 is 0 Å². The Hall–Kier alpha value is -2.01. The topological polar surface area (TPSA) is 46.6 Å². The standard InChI is InChI=1S/C16H19NO3S/c1-4-17(15-12-13(2)10-11-16(15)20-3)21(18,19)14-8-6-5-7-9-14/h5-12H,4H2,1-3H3. The maximum atomic E-state index is 12.8. The van der Waals surface area contributed by atoms with Crippen molar-refractivity contribution in [3.63, 3.8) is 0 Å². The van der Waals surface area contributed by atoms with Crippen molar-refractivity contribution in [3.05, 3.63) is 54.1 Å². The van der Waals surface area contributed by atoms with Crippen molar-refractivity contribution in [1.29, 1.82) is 0 Å². The average molecular weight is 305 g/mol. The number of methoxy groups -OCH3 is 1. The third-order valence-electron chi connectivity index (χ3n) is 3.22. The Morgan fingerprint density at radius 2 is 1.76 bits per heavy atom. The zero-order valence-corrected chi connectivity index (χ0v) is 13.2. The van der Waals surface area contributed by atoms with Crippen molar-refractivity contribution >= 4 is 15.7 Å². The van der Waals surface area contributed by atoms with E-state index in [9.17, 15) is 8.42 Å². The second kappa shape index (κ2) is 6.18. The Bertz CT molecular complexity index is 712. The van der Waals surface area contributed by atoms with Gasteiger partial charge in [-0.2, -0.15) is 0 Å². The van der Waals surface area contributed by atoms with Crippen LogP contribution in [0.2, 0.25) is 0 Å². The van der Waals surface area contributed by atoms with E-state index in [1.54, 1.807) is 36.4 Å². The second-order valence-electron chi connectivity index (χ2n) is 4.66. The Balaban J connectivity index is 2.57. The molecule has 2 rings (SSSR count). The van der Waals surface area contributed by atoms with Crippen LogP contribution in [0.25, 0.3) is 0 Å². The summed E-state index contributed by atoms with van der Waals surface area (Å²) >= 11 is 0. The van der Waals surface area contributed by atoms with Crippen molar-refractivity contribution in [2.24, 2.45) is 0 Å². The number of anilines is 1. The van der Waals surface area contributed by atoms with Crippen LogP contribution >= 0.6 is 0 Å². The van der Waals surface area contributed by atoms with Gasteiger partial charge < -0.3 is 4.74 Å². The molecule has 0 amide bonds. The van der Waals surface area contributed by atoms with Gasteiger partial charge in [0.2, 0.25) is 0 Å². The molecule has 0 aromatic heterocycles. The van der Waals surface area contributed by atoms with Crippen molar-refractivity contribution in [3.8, 4) is 5.75 Å². The van der Waals surface area contributed by atoms with Crippen LogP contribution in [-0.2, 0) is 10.0 Å². The highest BCUT2D eigenvalue weighted by Gasteiger charge is 2.25. The van der Waals surface area contributed by atoms with E-state index in [-0.39, 0.29) is 4.90 Å². The number of hydrogen-bond acceptors (Lipinski definition) is 3. The number of aryl methyl sites for hydroxylation is 1. The normalized spacial score (nSPS) is 11.2. The molecule has 0 N–H and O–H groups in total. The van der Waals surface area contributed by atoms with Crippen LogP contribution in [-0.4, -0.2) is 22.1 Å². The highest BCUT2D eigenvalue weighted by molar-refractivity contribution is 7.92. The highest BCUT2D eigenvalue weighted by Crippen LogP contribution is 2.33. The van der Waals surface area contributed by atoms with Crippen molar-refractivity contribution in [2.75, 3.05) is 18.0 Å². The van der Waals surface area contributed by atoms with Gasteiger partial charge in [0.15, 0.2) is 0 Å². The van der Waals surface area contributed by atoms with E-state index in [1.807, 2.05) is 26.0 Å². The Labute approximate surface area is 126 Å². The van der Waals surface area contributed by atoms with E-state index < -0.39 is 10.0 Å². The number of benzene rings is 2. The molecule has 112 valence electrons. The lowest BCUT2D eigenvalue weighted by Crippen LogP contribution is -2.31. The Kier molecular flexibility index (Phi) is 4.53. The fraction of sp³-hybridized carbons (Fsp3) is 0.250. The van der Waals surface area contributed by atoms with Crippen LogP contribution in [0.3, 0.4) is 0 Å². The molecule has 5 heteroatoms. The van der Waals surface area contributed by atoms with Gasteiger partial charge in [0.05, 0.1) is 17.7 Å². The lowest BCUT2D eigenvalue weighted by Gasteiger charge is -2.25. The summed E-state index contributed by atoms with van der Waals surface area (Å²) in [5.41, 5.74) is 1.54. The number of hydrogen-bond donors (Lipinski definition) is 0. The van der Waals surface area contributed by atoms with Gasteiger partial charge >= 0.3 is 0 Å². The van der Waals surface area contributed by atoms with Crippen LogP contribution in [0.5, 0.6) is 5.75 Å². The first-order chi connectivity index (χ1) is 10.0. The van der Waals surface area contributed by atoms with Crippen molar-refractivity contribution in [1.82, 2.24) is 0 Å². The Morgan fingerprint density at radius 3 is 2.33 bits per heavy atom. The first-order valence-electron chi connectivity index (χ1n) is 6.73. The molecule has 0 atom stereocenters. The average Bonchev–Trinajstić information content (AvgIpc) is 2.49. The van der Waals surface area contributed by atoms with Crippen molar-refractivity contribution < 1.29 is 13.2 Å². The summed E-state index contributed by atoms with van der Waals surface area (Å²) < 4.78 is 32.3. The molecular weight excluding hydrogens is 286 g/mol. The molecular formula is C16H19NO3S. The fourth-order valence-electron chi connectivity index (χ4n) is 2.18. The number of rotatable bonds is 5. The van der Waals surface area contributed by atoms with Gasteiger partial charge in [-0.25, -0.2) is 8.42 Å². The predicted molar refractivity (Wildman–Crippen MR) is 84.4 cm³/mol. The summed E-state index contributed by atoms with van der Waals surface area (Å²) in [6, 6.07) is 13.9. The maximum Gasteiger partial charge on any atom is 0.264 e. The van der Waals surface area contributed by atoms with Crippen LogP contribution in [0.1, 0.15) is 12.5 Å². The summed E-state index contributed by atoms with van der Waals surface area (Å²) in [5, 5.41) is 0. The third-order valence-corrected chi connectivity index (χ3v) is 5.12. The number of ether oxygens (including phenoxy) is 1. The first kappa shape index (κ1) is 15.4. The molecule has 0 aliphatic rings. The molecule has 0 heterocycles. The summed E-state index contributed by atoms with van der Waals surface area (Å²) in [7, 11) is -2.06. The summed E-state index contributed by atoms with van der Waals surface area (Å²) in [5.74, 6) is 0.543. The van der Waals surface area contributed by atoms with E-state index in [0.29, 0.717) is 18.0 Å². The van der Waals surface area contributed by atoms with Crippen molar-refractivity contribution in [2.45, 2.75) is 18.7 Å². The monoisotopic (exact) mass is 305 g/mol. The van der Waals surface area contributed by atoms with Gasteiger partial charge in [-0.1, -0.05) is 24.3 Å². The molecule has 0 saturated carbocycles. The highest BCUT2D eigenvalue weighted by atomic mass is 32.2. The molecule has 0 saturated heterocycles. The van der Waals surface area contributed by atoms with Crippen LogP contribution in [0.15, 0.2) is 53.4 Å². The van der Waals surface area contributed by atoms with Gasteiger partial charge in [0.25, 0.3) is 10.0 Å². The zero-order valence-electron chi connectivity index (χ0n) is 12.4. The molecule has 0 unspecified atom stereocenters. The van der Waals surface area contributed by atoms with Crippen LogP contribution < -0.4 is 9.04 Å². The molecule has 2 aromatic carbocycles. The largest absolute Gasteiger partial charge is 0.495 e. The number of nitrogens with zero attached hydrogens (tertiary/aromatic N) is 1. The summed E-state index contributed by atoms with van der Waals surface area (Å²) in [6.07, 6.45) is 0. The molecule has 0 radical (unpaired) electrons. The van der Waals surface area contributed by atoms with Gasteiger partial charge in [-0.15, -0.1) is 0 Å². The van der Waals surface area contributed by atoms with Crippen LogP contribution in [0, 0.1) is 6.92 Å². The van der Waals surface area contributed by atoms with Gasteiger partial charge in [0, 0.05) is 6.54 Å². The lowest BCUT2D eigenvalue weighted by atomic mass is 10.2. The summed E-state index contributed by atoms with van der Waals surface area (Å²) in [4.78, 5) is 0.274. The SMILES string of the molecule is CCN(c1cc(C)ccc1OC)S(=O)(=O)c1ccccc1. The number of sulfonamides is 1. The molecule has 21 heavy (non-hydrogen) atoms. The third kappa shape index (κ3) is 3.03. The smallest absolute Gasteiger partial charge is 0.264 e. The van der Waals surface area contributed by atoms with Crippen LogP contribution in [0.4, 0.5) is 5.69 Å². The minimum absolute atomic E-state index is 0.274. The molecule has 0 aliphatic heterocycles. The summed E-state index contributed by atoms with van der Waals surface area (Å²) in [6.45, 7) is 4.06. The lowest BCUT2D eigenvalue weighted by molar-refractivity contribution is 0.415. The fourth-order valence-corrected chi connectivity index (χ4v) is 3.68. The van der Waals surface area contributed by atoms with E-state index in [1.165, 1.54) is 11.4 Å². The van der Waals surface area contributed by atoms with E-state index in [2.05, 4.69) is 0 Å². The molecule has 0 fully saturated rings. The quantitative estimate of drug-likeness (QED) is 0.852. The maximum absolute atomic E-state index is 12.8. The minimum Gasteiger partial charge on any atom is -0.495 e.